The molecule has 112 valence electrons. The standard InChI is InChI=1S/C13H20N4OS.ClH/c1-5-14-8(2)7-15-12(18)11-6-10-9(3)16-17(4)13(10)19-11;/h6,8,14H,5,7H2,1-4H3,(H,15,18);1H/t8-;/m1./s1. The van der Waals surface area contributed by atoms with E-state index in [1.807, 2.05) is 24.7 Å². The fraction of sp³-hybridized carbons (Fsp3) is 0.538. The van der Waals surface area contributed by atoms with Crippen LogP contribution in [-0.4, -0.2) is 34.8 Å². The van der Waals surface area contributed by atoms with Crippen molar-refractivity contribution in [3.05, 3.63) is 16.6 Å². The molecule has 0 spiro atoms. The van der Waals surface area contributed by atoms with E-state index in [0.29, 0.717) is 6.54 Å². The van der Waals surface area contributed by atoms with Crippen LogP contribution >= 0.6 is 23.7 Å². The smallest absolute Gasteiger partial charge is 0.261 e. The molecule has 0 saturated heterocycles. The molecule has 20 heavy (non-hydrogen) atoms. The number of carbonyl (C=O) groups is 1. The molecular formula is C13H21ClN4OS. The van der Waals surface area contributed by atoms with Gasteiger partial charge in [-0.15, -0.1) is 23.7 Å². The van der Waals surface area contributed by atoms with Crippen molar-refractivity contribution in [2.24, 2.45) is 7.05 Å². The SMILES string of the molecule is CCN[C@H](C)CNC(=O)c1cc2c(C)nn(C)c2s1.Cl. The van der Waals surface area contributed by atoms with Crippen LogP contribution < -0.4 is 10.6 Å². The summed E-state index contributed by atoms with van der Waals surface area (Å²) in [6, 6.07) is 2.21. The van der Waals surface area contributed by atoms with E-state index in [1.54, 1.807) is 0 Å². The van der Waals surface area contributed by atoms with Gasteiger partial charge in [-0.25, -0.2) is 0 Å². The Hall–Kier alpha value is -1.11. The largest absolute Gasteiger partial charge is 0.350 e. The van der Waals surface area contributed by atoms with Crippen LogP contribution in [0.5, 0.6) is 0 Å². The maximum absolute atomic E-state index is 12.1. The Kier molecular flexibility index (Phi) is 5.98. The monoisotopic (exact) mass is 316 g/mol. The predicted octanol–water partition coefficient (Wildman–Crippen LogP) is 2.09. The number of aromatic nitrogens is 2. The molecule has 0 aromatic carbocycles. The van der Waals surface area contributed by atoms with Gasteiger partial charge in [-0.2, -0.15) is 5.10 Å². The number of aryl methyl sites for hydroxylation is 2. The fourth-order valence-electron chi connectivity index (χ4n) is 2.07. The van der Waals surface area contributed by atoms with Crippen molar-refractivity contribution in [3.63, 3.8) is 0 Å². The van der Waals surface area contributed by atoms with Crippen LogP contribution in [0.1, 0.15) is 29.2 Å². The lowest BCUT2D eigenvalue weighted by atomic mass is 10.3. The minimum Gasteiger partial charge on any atom is -0.350 e. The number of fused-ring (bicyclic) bond motifs is 1. The van der Waals surface area contributed by atoms with E-state index in [9.17, 15) is 4.79 Å². The summed E-state index contributed by atoms with van der Waals surface area (Å²) in [6.07, 6.45) is 0. The van der Waals surface area contributed by atoms with E-state index >= 15 is 0 Å². The van der Waals surface area contributed by atoms with Crippen molar-refractivity contribution >= 4 is 39.9 Å². The van der Waals surface area contributed by atoms with Gasteiger partial charge >= 0.3 is 0 Å². The summed E-state index contributed by atoms with van der Waals surface area (Å²) in [5.41, 5.74) is 0.966. The Morgan fingerprint density at radius 2 is 2.25 bits per heavy atom. The minimum atomic E-state index is -0.00893. The predicted molar refractivity (Wildman–Crippen MR) is 86.0 cm³/mol. The average Bonchev–Trinajstić information content (AvgIpc) is 2.90. The van der Waals surface area contributed by atoms with Crippen molar-refractivity contribution in [3.8, 4) is 0 Å². The third-order valence-electron chi connectivity index (χ3n) is 3.04. The normalized spacial score (nSPS) is 12.2. The summed E-state index contributed by atoms with van der Waals surface area (Å²) in [6.45, 7) is 7.62. The quantitative estimate of drug-likeness (QED) is 0.888. The highest BCUT2D eigenvalue weighted by molar-refractivity contribution is 7.20. The number of rotatable bonds is 5. The van der Waals surface area contributed by atoms with Crippen LogP contribution in [0.25, 0.3) is 10.2 Å². The van der Waals surface area contributed by atoms with E-state index in [2.05, 4.69) is 29.6 Å². The van der Waals surface area contributed by atoms with E-state index in [4.69, 9.17) is 0 Å². The Balaban J connectivity index is 0.00000200. The van der Waals surface area contributed by atoms with Crippen LogP contribution in [0.4, 0.5) is 0 Å². The summed E-state index contributed by atoms with van der Waals surface area (Å²) in [5, 5.41) is 11.6. The average molecular weight is 317 g/mol. The number of hydrogen-bond acceptors (Lipinski definition) is 4. The maximum atomic E-state index is 12.1. The zero-order chi connectivity index (χ0) is 14.0. The molecule has 0 radical (unpaired) electrons. The van der Waals surface area contributed by atoms with E-state index in [0.717, 1.165) is 27.3 Å². The first-order valence-corrected chi connectivity index (χ1v) is 7.29. The Morgan fingerprint density at radius 3 is 2.85 bits per heavy atom. The molecule has 0 aliphatic heterocycles. The minimum absolute atomic E-state index is 0. The lowest BCUT2D eigenvalue weighted by Gasteiger charge is -2.12. The highest BCUT2D eigenvalue weighted by atomic mass is 35.5. The van der Waals surface area contributed by atoms with Gasteiger partial charge in [-0.1, -0.05) is 6.92 Å². The Bertz CT molecular complexity index is 558. The molecule has 1 atom stereocenters. The second kappa shape index (κ2) is 7.06. The Labute approximate surface area is 129 Å². The molecular weight excluding hydrogens is 296 g/mol. The lowest BCUT2D eigenvalue weighted by Crippen LogP contribution is -2.38. The second-order valence-corrected chi connectivity index (χ2v) is 5.74. The first kappa shape index (κ1) is 16.9. The molecule has 2 heterocycles. The number of thiophene rings is 1. The summed E-state index contributed by atoms with van der Waals surface area (Å²) in [4.78, 5) is 13.9. The zero-order valence-electron chi connectivity index (χ0n) is 12.2. The van der Waals surface area contributed by atoms with Crippen LogP contribution in [0.3, 0.4) is 0 Å². The van der Waals surface area contributed by atoms with Gasteiger partial charge in [0.15, 0.2) is 0 Å². The molecule has 0 fully saturated rings. The molecule has 7 heteroatoms. The molecule has 0 aliphatic rings. The van der Waals surface area contributed by atoms with Crippen LogP contribution in [0, 0.1) is 6.92 Å². The van der Waals surface area contributed by atoms with Gasteiger partial charge in [0.2, 0.25) is 0 Å². The van der Waals surface area contributed by atoms with Gasteiger partial charge in [-0.3, -0.25) is 9.48 Å². The van der Waals surface area contributed by atoms with Gasteiger partial charge in [0.1, 0.15) is 4.83 Å². The number of likely N-dealkylation sites (N-methyl/N-ethyl adjacent to an activating group) is 1. The van der Waals surface area contributed by atoms with E-state index < -0.39 is 0 Å². The number of carbonyl (C=O) groups excluding carboxylic acids is 1. The van der Waals surface area contributed by atoms with Gasteiger partial charge in [0, 0.05) is 25.0 Å². The first-order chi connectivity index (χ1) is 9.02. The van der Waals surface area contributed by atoms with E-state index in [1.165, 1.54) is 11.3 Å². The third-order valence-corrected chi connectivity index (χ3v) is 4.24. The summed E-state index contributed by atoms with van der Waals surface area (Å²) in [7, 11) is 1.90. The summed E-state index contributed by atoms with van der Waals surface area (Å²) < 4.78 is 1.83. The van der Waals surface area contributed by atoms with Crippen LogP contribution in [0.15, 0.2) is 6.07 Å². The fourth-order valence-corrected chi connectivity index (χ4v) is 3.11. The van der Waals surface area contributed by atoms with Crippen molar-refractivity contribution in [1.82, 2.24) is 20.4 Å². The van der Waals surface area contributed by atoms with Gasteiger partial charge < -0.3 is 10.6 Å². The van der Waals surface area contributed by atoms with Crippen LogP contribution in [0.2, 0.25) is 0 Å². The number of amides is 1. The topological polar surface area (TPSA) is 58.9 Å². The third kappa shape index (κ3) is 3.50. The Morgan fingerprint density at radius 1 is 1.55 bits per heavy atom. The molecule has 2 aromatic rings. The van der Waals surface area contributed by atoms with Crippen LogP contribution in [-0.2, 0) is 7.05 Å². The summed E-state index contributed by atoms with van der Waals surface area (Å²) >= 11 is 1.49. The molecule has 0 unspecified atom stereocenters. The molecule has 0 saturated carbocycles. The highest BCUT2D eigenvalue weighted by Crippen LogP contribution is 2.27. The number of nitrogens with one attached hydrogen (secondary N) is 2. The molecule has 2 N–H and O–H groups in total. The lowest BCUT2D eigenvalue weighted by molar-refractivity contribution is 0.0954. The van der Waals surface area contributed by atoms with Crippen molar-refractivity contribution in [1.29, 1.82) is 0 Å². The maximum Gasteiger partial charge on any atom is 0.261 e. The summed E-state index contributed by atoms with van der Waals surface area (Å²) in [5.74, 6) is -0.00893. The van der Waals surface area contributed by atoms with Gasteiger partial charge in [-0.05, 0) is 26.5 Å². The van der Waals surface area contributed by atoms with Gasteiger partial charge in [0.25, 0.3) is 5.91 Å². The first-order valence-electron chi connectivity index (χ1n) is 6.47. The highest BCUT2D eigenvalue weighted by Gasteiger charge is 2.15. The number of nitrogens with zero attached hydrogens (tertiary/aromatic N) is 2. The molecule has 5 nitrogen and oxygen atoms in total. The zero-order valence-corrected chi connectivity index (χ0v) is 13.8. The second-order valence-electron chi connectivity index (χ2n) is 4.71. The molecule has 0 bridgehead atoms. The molecule has 1 amide bonds. The van der Waals surface area contributed by atoms with Crippen molar-refractivity contribution < 1.29 is 4.79 Å². The van der Waals surface area contributed by atoms with E-state index in [-0.39, 0.29) is 24.4 Å². The van der Waals surface area contributed by atoms with Gasteiger partial charge in [0.05, 0.1) is 10.6 Å². The van der Waals surface area contributed by atoms with Crippen molar-refractivity contribution in [2.75, 3.05) is 13.1 Å². The number of hydrogen-bond donors (Lipinski definition) is 2. The van der Waals surface area contributed by atoms with Crippen molar-refractivity contribution in [2.45, 2.75) is 26.8 Å². The molecule has 2 aromatic heterocycles. The molecule has 0 aliphatic carbocycles. The molecule has 2 rings (SSSR count). The number of halogens is 1.